The van der Waals surface area contributed by atoms with E-state index in [-0.39, 0.29) is 12.1 Å². The van der Waals surface area contributed by atoms with Crippen molar-refractivity contribution in [3.63, 3.8) is 0 Å². The van der Waals surface area contributed by atoms with Gasteiger partial charge in [0.05, 0.1) is 16.9 Å². The lowest BCUT2D eigenvalue weighted by molar-refractivity contribution is 0.0627. The number of benzene rings is 2. The van der Waals surface area contributed by atoms with E-state index in [0.717, 1.165) is 43.6 Å². The summed E-state index contributed by atoms with van der Waals surface area (Å²) in [6, 6.07) is 16.5. The van der Waals surface area contributed by atoms with Gasteiger partial charge in [-0.1, -0.05) is 43.7 Å². The van der Waals surface area contributed by atoms with Crippen LogP contribution in [0.5, 0.6) is 0 Å². The summed E-state index contributed by atoms with van der Waals surface area (Å²) in [6.07, 6.45) is 3.13. The van der Waals surface area contributed by atoms with E-state index in [1.165, 1.54) is 22.2 Å². The van der Waals surface area contributed by atoms with Crippen LogP contribution in [0.15, 0.2) is 48.5 Å². The number of hydrogen-bond donors (Lipinski definition) is 1. The van der Waals surface area contributed by atoms with Crippen molar-refractivity contribution in [3.8, 4) is 0 Å². The number of carbonyl (C=O) groups excluding carboxylic acids is 1. The van der Waals surface area contributed by atoms with Crippen molar-refractivity contribution >= 4 is 22.5 Å². The van der Waals surface area contributed by atoms with Crippen molar-refractivity contribution in [1.29, 1.82) is 0 Å². The molecule has 0 spiro atoms. The van der Waals surface area contributed by atoms with Gasteiger partial charge in [0.15, 0.2) is 0 Å². The molecule has 4 nitrogen and oxygen atoms in total. The quantitative estimate of drug-likeness (QED) is 0.760. The van der Waals surface area contributed by atoms with Gasteiger partial charge in [-0.3, -0.25) is 4.79 Å². The van der Waals surface area contributed by atoms with Gasteiger partial charge >= 0.3 is 0 Å². The van der Waals surface area contributed by atoms with Crippen molar-refractivity contribution in [3.05, 3.63) is 65.4 Å². The zero-order chi connectivity index (χ0) is 17.7. The number of rotatable bonds is 3. The molecule has 2 aliphatic rings. The number of amides is 1. The Bertz CT molecular complexity index is 990. The molecule has 5 rings (SSSR count). The minimum absolute atomic E-state index is 0.0277. The molecule has 0 fully saturated rings. The molecule has 1 aromatic heterocycles. The molecule has 132 valence electrons. The highest BCUT2D eigenvalue weighted by molar-refractivity contribution is 6.02. The van der Waals surface area contributed by atoms with Crippen LogP contribution in [0.2, 0.25) is 0 Å². The second-order valence-electron chi connectivity index (χ2n) is 7.25. The number of fused-ring (bicyclic) bond motifs is 6. The first kappa shape index (κ1) is 15.5. The van der Waals surface area contributed by atoms with Crippen LogP contribution in [-0.2, 0) is 6.42 Å². The molecule has 0 radical (unpaired) electrons. The average molecular weight is 345 g/mol. The molecule has 1 unspecified atom stereocenters. The molecule has 0 saturated carbocycles. The predicted molar refractivity (Wildman–Crippen MR) is 104 cm³/mol. The van der Waals surface area contributed by atoms with Crippen LogP contribution >= 0.6 is 0 Å². The Balaban J connectivity index is 1.71. The summed E-state index contributed by atoms with van der Waals surface area (Å²) in [5.74, 6) is 0.155. The van der Waals surface area contributed by atoms with Crippen molar-refractivity contribution in [2.45, 2.75) is 32.4 Å². The lowest BCUT2D eigenvalue weighted by Crippen LogP contribution is -2.52. The van der Waals surface area contributed by atoms with Crippen molar-refractivity contribution < 1.29 is 4.79 Å². The molecule has 2 aliphatic heterocycles. The third-order valence-corrected chi connectivity index (χ3v) is 5.76. The van der Waals surface area contributed by atoms with E-state index in [9.17, 15) is 4.79 Å². The Hall–Kier alpha value is -2.75. The van der Waals surface area contributed by atoms with Gasteiger partial charge < -0.3 is 14.8 Å². The Morgan fingerprint density at radius 1 is 1.12 bits per heavy atom. The summed E-state index contributed by atoms with van der Waals surface area (Å²) in [4.78, 5) is 21.3. The SMILES string of the molecule is CCCCN1c2ccccc2C(=O)N2CCc3c([nH]c4ccccc34)C21. The fourth-order valence-electron chi connectivity index (χ4n) is 4.52. The maximum Gasteiger partial charge on any atom is 0.257 e. The summed E-state index contributed by atoms with van der Waals surface area (Å²) in [5, 5.41) is 1.30. The second kappa shape index (κ2) is 5.90. The van der Waals surface area contributed by atoms with E-state index < -0.39 is 0 Å². The normalized spacial score (nSPS) is 18.7. The highest BCUT2D eigenvalue weighted by atomic mass is 16.2. The number of carbonyl (C=O) groups is 1. The number of hydrogen-bond acceptors (Lipinski definition) is 2. The number of aromatic amines is 1. The maximum absolute atomic E-state index is 13.2. The van der Waals surface area contributed by atoms with Crippen LogP contribution in [-0.4, -0.2) is 28.9 Å². The summed E-state index contributed by atoms with van der Waals surface area (Å²) in [6.45, 7) is 3.94. The molecule has 2 aromatic carbocycles. The van der Waals surface area contributed by atoms with Gasteiger partial charge in [0, 0.05) is 24.0 Å². The smallest absolute Gasteiger partial charge is 0.257 e. The zero-order valence-electron chi connectivity index (χ0n) is 15.0. The van der Waals surface area contributed by atoms with E-state index in [4.69, 9.17) is 0 Å². The number of unbranched alkanes of at least 4 members (excludes halogenated alkanes) is 1. The van der Waals surface area contributed by atoms with E-state index in [1.54, 1.807) is 0 Å². The number of para-hydroxylation sites is 2. The molecule has 0 aliphatic carbocycles. The van der Waals surface area contributed by atoms with E-state index in [0.29, 0.717) is 0 Å². The molecule has 3 aromatic rings. The van der Waals surface area contributed by atoms with Gasteiger partial charge in [-0.05, 0) is 36.6 Å². The topological polar surface area (TPSA) is 39.3 Å². The number of anilines is 1. The largest absolute Gasteiger partial charge is 0.355 e. The van der Waals surface area contributed by atoms with Crippen LogP contribution in [0, 0.1) is 0 Å². The van der Waals surface area contributed by atoms with E-state index in [2.05, 4.69) is 52.0 Å². The number of aromatic nitrogens is 1. The van der Waals surface area contributed by atoms with E-state index >= 15 is 0 Å². The summed E-state index contributed by atoms with van der Waals surface area (Å²) in [7, 11) is 0. The third kappa shape index (κ3) is 2.11. The fourth-order valence-corrected chi connectivity index (χ4v) is 4.52. The lowest BCUT2D eigenvalue weighted by atomic mass is 9.95. The summed E-state index contributed by atoms with van der Waals surface area (Å²) < 4.78 is 0. The van der Waals surface area contributed by atoms with Crippen molar-refractivity contribution in [2.75, 3.05) is 18.0 Å². The Morgan fingerprint density at radius 3 is 2.81 bits per heavy atom. The molecular weight excluding hydrogens is 322 g/mol. The highest BCUT2D eigenvalue weighted by Gasteiger charge is 2.42. The maximum atomic E-state index is 13.2. The first-order chi connectivity index (χ1) is 12.8. The van der Waals surface area contributed by atoms with Gasteiger partial charge in [0.25, 0.3) is 5.91 Å². The van der Waals surface area contributed by atoms with Crippen molar-refractivity contribution in [2.24, 2.45) is 0 Å². The van der Waals surface area contributed by atoms with Crippen LogP contribution in [0.25, 0.3) is 10.9 Å². The monoisotopic (exact) mass is 345 g/mol. The fraction of sp³-hybridized carbons (Fsp3) is 0.318. The number of H-pyrrole nitrogens is 1. The zero-order valence-corrected chi connectivity index (χ0v) is 15.0. The molecule has 3 heterocycles. The second-order valence-corrected chi connectivity index (χ2v) is 7.25. The standard InChI is InChI=1S/C22H23N3O/c1-2-3-13-24-19-11-7-5-9-17(19)22(26)25-14-12-16-15-8-4-6-10-18(15)23-20(16)21(24)25/h4-11,21,23H,2-3,12-14H2,1H3. The average Bonchev–Trinajstić information content (AvgIpc) is 3.07. The van der Waals surface area contributed by atoms with Crippen molar-refractivity contribution in [1.82, 2.24) is 9.88 Å². The van der Waals surface area contributed by atoms with Crippen LogP contribution in [0.3, 0.4) is 0 Å². The predicted octanol–water partition coefficient (Wildman–Crippen LogP) is 4.49. The van der Waals surface area contributed by atoms with Crippen LogP contribution < -0.4 is 4.90 Å². The minimum Gasteiger partial charge on any atom is -0.355 e. The Kier molecular flexibility index (Phi) is 3.52. The van der Waals surface area contributed by atoms with E-state index in [1.807, 2.05) is 18.2 Å². The van der Waals surface area contributed by atoms with Gasteiger partial charge in [-0.25, -0.2) is 0 Å². The molecule has 0 saturated heterocycles. The highest BCUT2D eigenvalue weighted by Crippen LogP contribution is 2.43. The molecule has 1 atom stereocenters. The Morgan fingerprint density at radius 2 is 1.92 bits per heavy atom. The Labute approximate surface area is 153 Å². The molecule has 0 bridgehead atoms. The molecular formula is C22H23N3O. The molecule has 26 heavy (non-hydrogen) atoms. The minimum atomic E-state index is -0.0277. The van der Waals surface area contributed by atoms with Gasteiger partial charge in [-0.2, -0.15) is 0 Å². The van der Waals surface area contributed by atoms with Crippen LogP contribution in [0.1, 0.15) is 47.5 Å². The summed E-state index contributed by atoms with van der Waals surface area (Å²) in [5.41, 5.74) is 5.63. The molecule has 1 amide bonds. The van der Waals surface area contributed by atoms with Gasteiger partial charge in [0.2, 0.25) is 0 Å². The first-order valence-corrected chi connectivity index (χ1v) is 9.55. The molecule has 1 N–H and O–H groups in total. The first-order valence-electron chi connectivity index (χ1n) is 9.55. The van der Waals surface area contributed by atoms with Gasteiger partial charge in [-0.15, -0.1) is 0 Å². The third-order valence-electron chi connectivity index (χ3n) is 5.76. The lowest BCUT2D eigenvalue weighted by Gasteiger charge is -2.47. The summed E-state index contributed by atoms with van der Waals surface area (Å²) >= 11 is 0. The number of nitrogens with one attached hydrogen (secondary N) is 1. The molecule has 4 heteroatoms. The van der Waals surface area contributed by atoms with Gasteiger partial charge in [0.1, 0.15) is 6.17 Å². The van der Waals surface area contributed by atoms with Crippen LogP contribution in [0.4, 0.5) is 5.69 Å². The number of nitrogens with zero attached hydrogens (tertiary/aromatic N) is 2.